The van der Waals surface area contributed by atoms with Crippen LogP contribution in [0.2, 0.25) is 0 Å². The molecule has 8 heteroatoms. The van der Waals surface area contributed by atoms with Crippen LogP contribution in [0.4, 0.5) is 0 Å². The average molecular weight is 386 g/mol. The molecule has 1 amide bonds. The fraction of sp³-hybridized carbons (Fsp3) is 0.706. The van der Waals surface area contributed by atoms with Crippen molar-refractivity contribution in [1.29, 1.82) is 0 Å². The summed E-state index contributed by atoms with van der Waals surface area (Å²) in [4.78, 5) is 18.7. The zero-order chi connectivity index (χ0) is 18.0. The highest BCUT2D eigenvalue weighted by molar-refractivity contribution is 7.89. The Bertz CT molecular complexity index is 715. The number of piperazine rings is 1. The average Bonchev–Trinajstić information content (AvgIpc) is 2.95. The van der Waals surface area contributed by atoms with Crippen molar-refractivity contribution in [3.05, 3.63) is 15.8 Å². The molecule has 0 saturated carbocycles. The molecule has 6 nitrogen and oxygen atoms in total. The number of carbonyl (C=O) groups is 1. The highest BCUT2D eigenvalue weighted by atomic mass is 32.2. The molecular weight excluding hydrogens is 358 g/mol. The van der Waals surface area contributed by atoms with Crippen LogP contribution >= 0.6 is 11.3 Å². The summed E-state index contributed by atoms with van der Waals surface area (Å²) in [5, 5.41) is 0. The summed E-state index contributed by atoms with van der Waals surface area (Å²) in [6, 6.07) is 1.77. The maximum atomic E-state index is 12.8. The second-order valence-corrected chi connectivity index (χ2v) is 10.3. The Morgan fingerprint density at radius 2 is 1.68 bits per heavy atom. The molecule has 25 heavy (non-hydrogen) atoms. The Kier molecular flexibility index (Phi) is 5.82. The normalized spacial score (nSPS) is 20.8. The van der Waals surface area contributed by atoms with Gasteiger partial charge in [0.05, 0.1) is 11.4 Å². The van der Waals surface area contributed by atoms with E-state index in [4.69, 9.17) is 0 Å². The number of hydrogen-bond donors (Lipinski definition) is 0. The fourth-order valence-corrected chi connectivity index (χ4v) is 6.51. The Balaban J connectivity index is 1.56. The number of piperidine rings is 1. The standard InChI is InChI=1S/C17H27N3O3S2/c1-14-12-16(15(2)24-14)25(22,23)20-10-8-18(9-11-20)13-17(21)19-6-4-3-5-7-19/h12H,3-11,13H2,1-2H3. The third kappa shape index (κ3) is 4.24. The first kappa shape index (κ1) is 18.8. The Hall–Kier alpha value is -0.960. The third-order valence-electron chi connectivity index (χ3n) is 5.01. The topological polar surface area (TPSA) is 60.9 Å². The van der Waals surface area contributed by atoms with Crippen LogP contribution in [-0.2, 0) is 14.8 Å². The summed E-state index contributed by atoms with van der Waals surface area (Å²) in [5.41, 5.74) is 0. The van der Waals surface area contributed by atoms with Crippen LogP contribution < -0.4 is 0 Å². The van der Waals surface area contributed by atoms with E-state index in [0.29, 0.717) is 37.6 Å². The van der Waals surface area contributed by atoms with Crippen molar-refractivity contribution in [3.63, 3.8) is 0 Å². The lowest BCUT2D eigenvalue weighted by molar-refractivity contribution is -0.133. The van der Waals surface area contributed by atoms with Crippen LogP contribution in [0.3, 0.4) is 0 Å². The first-order chi connectivity index (χ1) is 11.9. The number of aryl methyl sites for hydroxylation is 2. The van der Waals surface area contributed by atoms with Crippen molar-refractivity contribution >= 4 is 27.3 Å². The number of thiophene rings is 1. The van der Waals surface area contributed by atoms with Gasteiger partial charge in [-0.2, -0.15) is 4.31 Å². The minimum Gasteiger partial charge on any atom is -0.342 e. The zero-order valence-corrected chi connectivity index (χ0v) is 16.7. The van der Waals surface area contributed by atoms with Crippen LogP contribution in [-0.4, -0.2) is 74.2 Å². The number of nitrogens with zero attached hydrogens (tertiary/aromatic N) is 3. The lowest BCUT2D eigenvalue weighted by Gasteiger charge is -2.35. The summed E-state index contributed by atoms with van der Waals surface area (Å²) in [5.74, 6) is 0.181. The van der Waals surface area contributed by atoms with Gasteiger partial charge in [-0.15, -0.1) is 11.3 Å². The number of carbonyl (C=O) groups excluding carboxylic acids is 1. The van der Waals surface area contributed by atoms with Gasteiger partial charge < -0.3 is 4.90 Å². The van der Waals surface area contributed by atoms with E-state index in [9.17, 15) is 13.2 Å². The third-order valence-corrected chi connectivity index (χ3v) is 8.13. The van der Waals surface area contributed by atoms with Crippen LogP contribution in [0.15, 0.2) is 11.0 Å². The maximum absolute atomic E-state index is 12.8. The second kappa shape index (κ2) is 7.73. The van der Waals surface area contributed by atoms with Gasteiger partial charge in [0.25, 0.3) is 0 Å². The smallest absolute Gasteiger partial charge is 0.244 e. The maximum Gasteiger partial charge on any atom is 0.244 e. The van der Waals surface area contributed by atoms with E-state index in [-0.39, 0.29) is 5.91 Å². The quantitative estimate of drug-likeness (QED) is 0.791. The molecule has 1 aromatic rings. The monoisotopic (exact) mass is 385 g/mol. The van der Waals surface area contributed by atoms with Crippen molar-refractivity contribution in [1.82, 2.24) is 14.1 Å². The van der Waals surface area contributed by atoms with Gasteiger partial charge in [-0.3, -0.25) is 9.69 Å². The summed E-state index contributed by atoms with van der Waals surface area (Å²) < 4.78 is 27.2. The summed E-state index contributed by atoms with van der Waals surface area (Å²) in [7, 11) is -3.42. The number of sulfonamides is 1. The lowest BCUT2D eigenvalue weighted by atomic mass is 10.1. The van der Waals surface area contributed by atoms with Crippen molar-refractivity contribution in [2.45, 2.75) is 38.0 Å². The molecule has 3 heterocycles. The van der Waals surface area contributed by atoms with E-state index in [1.165, 1.54) is 17.8 Å². The van der Waals surface area contributed by atoms with Gasteiger partial charge in [0.1, 0.15) is 0 Å². The van der Waals surface area contributed by atoms with Crippen molar-refractivity contribution in [2.24, 2.45) is 0 Å². The lowest BCUT2D eigenvalue weighted by Crippen LogP contribution is -2.51. The van der Waals surface area contributed by atoms with Crippen LogP contribution in [0, 0.1) is 13.8 Å². The Morgan fingerprint density at radius 1 is 1.04 bits per heavy atom. The molecule has 2 fully saturated rings. The van der Waals surface area contributed by atoms with Gasteiger partial charge in [-0.05, 0) is 39.2 Å². The van der Waals surface area contributed by atoms with E-state index in [1.807, 2.05) is 18.7 Å². The number of likely N-dealkylation sites (tertiary alicyclic amines) is 1. The molecule has 2 aliphatic rings. The molecule has 140 valence electrons. The summed E-state index contributed by atoms with van der Waals surface area (Å²) in [6.07, 6.45) is 3.40. The molecule has 2 saturated heterocycles. The Morgan fingerprint density at radius 3 is 2.24 bits per heavy atom. The zero-order valence-electron chi connectivity index (χ0n) is 15.0. The van der Waals surface area contributed by atoms with E-state index in [0.717, 1.165) is 35.7 Å². The molecule has 0 N–H and O–H groups in total. The minimum atomic E-state index is -3.42. The molecule has 3 rings (SSSR count). The first-order valence-corrected chi connectivity index (χ1v) is 11.2. The second-order valence-electron chi connectivity index (χ2n) is 6.90. The molecule has 0 radical (unpaired) electrons. The van der Waals surface area contributed by atoms with E-state index in [2.05, 4.69) is 4.90 Å². The van der Waals surface area contributed by atoms with Gasteiger partial charge in [0.15, 0.2) is 0 Å². The van der Waals surface area contributed by atoms with Crippen molar-refractivity contribution in [3.8, 4) is 0 Å². The molecule has 0 aromatic carbocycles. The molecule has 0 aliphatic carbocycles. The first-order valence-electron chi connectivity index (χ1n) is 8.95. The molecule has 0 spiro atoms. The van der Waals surface area contributed by atoms with Crippen molar-refractivity contribution in [2.75, 3.05) is 45.8 Å². The van der Waals surface area contributed by atoms with E-state index >= 15 is 0 Å². The van der Waals surface area contributed by atoms with Crippen LogP contribution in [0.5, 0.6) is 0 Å². The fourth-order valence-electron chi connectivity index (χ4n) is 3.57. The van der Waals surface area contributed by atoms with E-state index in [1.54, 1.807) is 10.4 Å². The largest absolute Gasteiger partial charge is 0.342 e. The number of rotatable bonds is 4. The van der Waals surface area contributed by atoms with Gasteiger partial charge in [0, 0.05) is 49.0 Å². The predicted octanol–water partition coefficient (Wildman–Crippen LogP) is 1.68. The van der Waals surface area contributed by atoms with Gasteiger partial charge in [-0.25, -0.2) is 8.42 Å². The number of amides is 1. The highest BCUT2D eigenvalue weighted by Crippen LogP contribution is 2.28. The van der Waals surface area contributed by atoms with E-state index < -0.39 is 10.0 Å². The van der Waals surface area contributed by atoms with Gasteiger partial charge in [0.2, 0.25) is 15.9 Å². The summed E-state index contributed by atoms with van der Waals surface area (Å²) >= 11 is 1.52. The molecule has 2 aliphatic heterocycles. The van der Waals surface area contributed by atoms with Crippen LogP contribution in [0.1, 0.15) is 29.0 Å². The minimum absolute atomic E-state index is 0.181. The highest BCUT2D eigenvalue weighted by Gasteiger charge is 2.31. The summed E-state index contributed by atoms with van der Waals surface area (Å²) in [6.45, 7) is 8.05. The molecule has 0 atom stereocenters. The molecule has 0 unspecified atom stereocenters. The predicted molar refractivity (Wildman–Crippen MR) is 99.4 cm³/mol. The number of hydrogen-bond acceptors (Lipinski definition) is 5. The van der Waals surface area contributed by atoms with Gasteiger partial charge in [-0.1, -0.05) is 0 Å². The SMILES string of the molecule is Cc1cc(S(=O)(=O)N2CCN(CC(=O)N3CCCCC3)CC2)c(C)s1. The van der Waals surface area contributed by atoms with Gasteiger partial charge >= 0.3 is 0 Å². The molecular formula is C17H27N3O3S2. The molecule has 0 bridgehead atoms. The molecule has 1 aromatic heterocycles. The Labute approximate surface area is 154 Å². The van der Waals surface area contributed by atoms with Crippen LogP contribution in [0.25, 0.3) is 0 Å². The van der Waals surface area contributed by atoms with Crippen molar-refractivity contribution < 1.29 is 13.2 Å².